The molecule has 0 bridgehead atoms. The van der Waals surface area contributed by atoms with Gasteiger partial charge >= 0.3 is 0 Å². The molecule has 6 nitrogen and oxygen atoms in total. The molecule has 3 aromatic rings. The van der Waals surface area contributed by atoms with Crippen molar-refractivity contribution in [3.05, 3.63) is 92.3 Å². The topological polar surface area (TPSA) is 65.1 Å². The standard InChI is InChI=1S/C25H17Cl2NO5S/c26-18-7-5-15(6-8-18)13-31-20-4-2-1-3-16(20)10-23-24(29)28(25(30)34-23)12-17-9-21-22(11-19(17)27)33-14-32-21/h1-11H,12-14H2/b23-10-. The highest BCUT2D eigenvalue weighted by Gasteiger charge is 2.36. The third kappa shape index (κ3) is 4.73. The second-order valence-corrected chi connectivity index (χ2v) is 9.35. The number of amides is 2. The first kappa shape index (κ1) is 22.7. The number of ether oxygens (including phenoxy) is 3. The Kier molecular flexibility index (Phi) is 6.41. The lowest BCUT2D eigenvalue weighted by Gasteiger charge is -2.14. The SMILES string of the molecule is O=C1S/C(=C\c2ccccc2OCc2ccc(Cl)cc2)C(=O)N1Cc1cc2c(cc1Cl)OCO2. The molecule has 0 spiro atoms. The molecule has 2 aliphatic heterocycles. The highest BCUT2D eigenvalue weighted by Crippen LogP contribution is 2.39. The molecule has 0 atom stereocenters. The molecule has 2 aliphatic rings. The number of para-hydroxylation sites is 1. The van der Waals surface area contributed by atoms with Crippen molar-refractivity contribution in [3.63, 3.8) is 0 Å². The zero-order chi connectivity index (χ0) is 23.7. The molecule has 0 aliphatic carbocycles. The summed E-state index contributed by atoms with van der Waals surface area (Å²) < 4.78 is 16.7. The van der Waals surface area contributed by atoms with Gasteiger partial charge in [0.05, 0.1) is 11.4 Å². The Morgan fingerprint density at radius 2 is 1.74 bits per heavy atom. The molecule has 0 unspecified atom stereocenters. The van der Waals surface area contributed by atoms with Crippen molar-refractivity contribution in [2.75, 3.05) is 6.79 Å². The Morgan fingerprint density at radius 1 is 1.00 bits per heavy atom. The monoisotopic (exact) mass is 513 g/mol. The molecular formula is C25H17Cl2NO5S. The predicted molar refractivity (Wildman–Crippen MR) is 131 cm³/mol. The number of rotatable bonds is 6. The third-order valence-corrected chi connectivity index (χ3v) is 6.77. The maximum atomic E-state index is 13.1. The van der Waals surface area contributed by atoms with Crippen LogP contribution in [0.15, 0.2) is 65.6 Å². The molecule has 172 valence electrons. The van der Waals surface area contributed by atoms with Gasteiger partial charge in [-0.2, -0.15) is 0 Å². The molecule has 1 fully saturated rings. The zero-order valence-corrected chi connectivity index (χ0v) is 20.0. The van der Waals surface area contributed by atoms with Gasteiger partial charge in [0.1, 0.15) is 12.4 Å². The summed E-state index contributed by atoms with van der Waals surface area (Å²) in [5, 5.41) is 0.680. The smallest absolute Gasteiger partial charge is 0.293 e. The summed E-state index contributed by atoms with van der Waals surface area (Å²) in [6.07, 6.45) is 1.67. The average Bonchev–Trinajstić information content (AvgIpc) is 3.38. The van der Waals surface area contributed by atoms with Crippen molar-refractivity contribution < 1.29 is 23.8 Å². The highest BCUT2D eigenvalue weighted by molar-refractivity contribution is 8.18. The van der Waals surface area contributed by atoms with Crippen molar-refractivity contribution in [1.29, 1.82) is 0 Å². The van der Waals surface area contributed by atoms with Crippen LogP contribution in [0.25, 0.3) is 6.08 Å². The van der Waals surface area contributed by atoms with Crippen LogP contribution < -0.4 is 14.2 Å². The van der Waals surface area contributed by atoms with Crippen LogP contribution in [0.1, 0.15) is 16.7 Å². The number of fused-ring (bicyclic) bond motifs is 1. The average molecular weight is 514 g/mol. The van der Waals surface area contributed by atoms with Gasteiger partial charge in [0.15, 0.2) is 11.5 Å². The molecule has 5 rings (SSSR count). The van der Waals surface area contributed by atoms with Crippen molar-refractivity contribution >= 4 is 52.2 Å². The Morgan fingerprint density at radius 3 is 2.53 bits per heavy atom. The molecule has 0 saturated carbocycles. The fourth-order valence-electron chi connectivity index (χ4n) is 3.50. The lowest BCUT2D eigenvalue weighted by Crippen LogP contribution is -2.27. The first-order chi connectivity index (χ1) is 16.5. The van der Waals surface area contributed by atoms with E-state index in [-0.39, 0.29) is 18.6 Å². The summed E-state index contributed by atoms with van der Waals surface area (Å²) in [4.78, 5) is 27.2. The predicted octanol–water partition coefficient (Wildman–Crippen LogP) is 6.54. The molecule has 9 heteroatoms. The number of nitrogens with zero attached hydrogens (tertiary/aromatic N) is 1. The Hall–Kier alpha value is -3.13. The fourth-order valence-corrected chi connectivity index (χ4v) is 4.67. The first-order valence-electron chi connectivity index (χ1n) is 10.3. The van der Waals surface area contributed by atoms with Crippen molar-refractivity contribution in [1.82, 2.24) is 4.90 Å². The Bertz CT molecular complexity index is 1310. The minimum Gasteiger partial charge on any atom is -0.488 e. The van der Waals surface area contributed by atoms with E-state index < -0.39 is 5.91 Å². The largest absolute Gasteiger partial charge is 0.488 e. The van der Waals surface area contributed by atoms with E-state index in [9.17, 15) is 9.59 Å². The van der Waals surface area contributed by atoms with Crippen LogP contribution in [-0.4, -0.2) is 22.8 Å². The quantitative estimate of drug-likeness (QED) is 0.348. The second kappa shape index (κ2) is 9.62. The minimum atomic E-state index is -0.392. The van der Waals surface area contributed by atoms with Gasteiger partial charge in [-0.05, 0) is 53.2 Å². The van der Waals surface area contributed by atoms with E-state index >= 15 is 0 Å². The van der Waals surface area contributed by atoms with E-state index in [1.165, 1.54) is 0 Å². The van der Waals surface area contributed by atoms with Crippen LogP contribution in [0.3, 0.4) is 0 Å². The number of halogens is 2. The lowest BCUT2D eigenvalue weighted by atomic mass is 10.1. The summed E-state index contributed by atoms with van der Waals surface area (Å²) in [6, 6.07) is 18.0. The number of imide groups is 1. The number of hydrogen-bond donors (Lipinski definition) is 0. The molecule has 2 heterocycles. The van der Waals surface area contributed by atoms with Crippen LogP contribution in [0, 0.1) is 0 Å². The maximum absolute atomic E-state index is 13.1. The molecule has 0 radical (unpaired) electrons. The second-order valence-electron chi connectivity index (χ2n) is 7.52. The fraction of sp³-hybridized carbons (Fsp3) is 0.120. The number of benzene rings is 3. The summed E-state index contributed by atoms with van der Waals surface area (Å²) in [6.45, 7) is 0.483. The van der Waals surface area contributed by atoms with E-state index in [4.69, 9.17) is 37.4 Å². The summed E-state index contributed by atoms with van der Waals surface area (Å²) >= 11 is 13.2. The molecule has 0 aromatic heterocycles. The molecule has 3 aromatic carbocycles. The van der Waals surface area contributed by atoms with E-state index in [2.05, 4.69) is 0 Å². The number of hydrogen-bond acceptors (Lipinski definition) is 6. The number of carbonyl (C=O) groups excluding carboxylic acids is 2. The minimum absolute atomic E-state index is 0.0339. The molecule has 34 heavy (non-hydrogen) atoms. The van der Waals surface area contributed by atoms with Gasteiger partial charge in [-0.3, -0.25) is 14.5 Å². The molecule has 0 N–H and O–H groups in total. The lowest BCUT2D eigenvalue weighted by molar-refractivity contribution is -0.123. The zero-order valence-electron chi connectivity index (χ0n) is 17.6. The summed E-state index contributed by atoms with van der Waals surface area (Å²) in [5.41, 5.74) is 2.25. The number of thioether (sulfide) groups is 1. The highest BCUT2D eigenvalue weighted by atomic mass is 35.5. The molecular weight excluding hydrogens is 497 g/mol. The van der Waals surface area contributed by atoms with Crippen LogP contribution >= 0.6 is 35.0 Å². The van der Waals surface area contributed by atoms with Crippen LogP contribution in [0.5, 0.6) is 17.2 Å². The van der Waals surface area contributed by atoms with E-state index in [0.717, 1.165) is 22.2 Å². The van der Waals surface area contributed by atoms with Gasteiger partial charge < -0.3 is 14.2 Å². The summed E-state index contributed by atoms with van der Waals surface area (Å²) in [7, 11) is 0. The first-order valence-corrected chi connectivity index (χ1v) is 11.8. The van der Waals surface area contributed by atoms with E-state index in [1.54, 1.807) is 30.3 Å². The van der Waals surface area contributed by atoms with Crippen LogP contribution in [0.2, 0.25) is 10.0 Å². The van der Waals surface area contributed by atoms with Gasteiger partial charge in [-0.25, -0.2) is 0 Å². The summed E-state index contributed by atoms with van der Waals surface area (Å²) in [5.74, 6) is 1.28. The molecule has 2 amide bonds. The normalized spacial score (nSPS) is 15.9. The van der Waals surface area contributed by atoms with E-state index in [1.807, 2.05) is 36.4 Å². The van der Waals surface area contributed by atoms with Gasteiger partial charge in [0.25, 0.3) is 11.1 Å². The van der Waals surface area contributed by atoms with Crippen molar-refractivity contribution in [2.24, 2.45) is 0 Å². The van der Waals surface area contributed by atoms with Gasteiger partial charge in [0, 0.05) is 21.7 Å². The van der Waals surface area contributed by atoms with Crippen molar-refractivity contribution in [2.45, 2.75) is 13.2 Å². The van der Waals surface area contributed by atoms with Crippen molar-refractivity contribution in [3.8, 4) is 17.2 Å². The molecule has 1 saturated heterocycles. The third-order valence-electron chi connectivity index (χ3n) is 5.26. The van der Waals surface area contributed by atoms with Crippen LogP contribution in [0.4, 0.5) is 4.79 Å². The van der Waals surface area contributed by atoms with Gasteiger partial charge in [-0.1, -0.05) is 53.5 Å². The van der Waals surface area contributed by atoms with E-state index in [0.29, 0.717) is 49.9 Å². The van der Waals surface area contributed by atoms with Crippen LogP contribution in [-0.2, 0) is 17.9 Å². The van der Waals surface area contributed by atoms with Gasteiger partial charge in [0.2, 0.25) is 6.79 Å². The maximum Gasteiger partial charge on any atom is 0.293 e. The van der Waals surface area contributed by atoms with Gasteiger partial charge in [-0.15, -0.1) is 0 Å². The Balaban J connectivity index is 1.34. The Labute approximate surface area is 210 Å². The number of carbonyl (C=O) groups is 2.